The first-order valence-corrected chi connectivity index (χ1v) is 10.8. The Balaban J connectivity index is 1.40. The number of rotatable bonds is 2. The number of piperazine rings is 1. The van der Waals surface area contributed by atoms with Crippen LogP contribution >= 0.6 is 0 Å². The van der Waals surface area contributed by atoms with E-state index in [9.17, 15) is 4.79 Å². The van der Waals surface area contributed by atoms with E-state index < -0.39 is 0 Å². The Morgan fingerprint density at radius 2 is 1.47 bits per heavy atom. The van der Waals surface area contributed by atoms with Crippen LogP contribution in [0.5, 0.6) is 0 Å². The largest absolute Gasteiger partial charge is 0.336 e. The molecule has 2 aromatic carbocycles. The monoisotopic (exact) mass is 397 g/mol. The number of fused-ring (bicyclic) bond motifs is 2. The Hall–Kier alpha value is -2.98. The fourth-order valence-corrected chi connectivity index (χ4v) is 4.93. The van der Waals surface area contributed by atoms with E-state index >= 15 is 0 Å². The molecule has 1 aromatic heterocycles. The van der Waals surface area contributed by atoms with E-state index in [0.717, 1.165) is 44.6 Å². The van der Waals surface area contributed by atoms with Crippen LogP contribution in [0.25, 0.3) is 0 Å². The van der Waals surface area contributed by atoms with E-state index in [1.807, 2.05) is 17.9 Å². The van der Waals surface area contributed by atoms with Gasteiger partial charge in [-0.3, -0.25) is 14.7 Å². The molecule has 0 unspecified atom stereocenters. The number of carbonyl (C=O) groups excluding carboxylic acids is 1. The van der Waals surface area contributed by atoms with E-state index in [2.05, 4.69) is 58.4 Å². The second-order valence-corrected chi connectivity index (χ2v) is 8.38. The van der Waals surface area contributed by atoms with Crippen molar-refractivity contribution in [3.8, 4) is 0 Å². The molecule has 1 aliphatic carbocycles. The summed E-state index contributed by atoms with van der Waals surface area (Å²) < 4.78 is 0. The maximum Gasteiger partial charge on any atom is 0.255 e. The minimum absolute atomic E-state index is 0.0903. The van der Waals surface area contributed by atoms with Crippen molar-refractivity contribution < 1.29 is 4.79 Å². The van der Waals surface area contributed by atoms with Gasteiger partial charge < -0.3 is 4.90 Å². The number of nitrogens with zero attached hydrogens (tertiary/aromatic N) is 3. The molecule has 152 valence electrons. The summed E-state index contributed by atoms with van der Waals surface area (Å²) in [5, 5.41) is 0. The predicted molar refractivity (Wildman–Crippen MR) is 119 cm³/mol. The Labute approximate surface area is 178 Å². The average Bonchev–Trinajstić information content (AvgIpc) is 2.96. The highest BCUT2D eigenvalue weighted by Crippen LogP contribution is 2.37. The number of pyridine rings is 1. The molecule has 1 amide bonds. The van der Waals surface area contributed by atoms with Gasteiger partial charge >= 0.3 is 0 Å². The lowest BCUT2D eigenvalue weighted by Gasteiger charge is -2.40. The van der Waals surface area contributed by atoms with E-state index in [4.69, 9.17) is 0 Å². The van der Waals surface area contributed by atoms with E-state index in [0.29, 0.717) is 5.56 Å². The van der Waals surface area contributed by atoms with E-state index in [1.165, 1.54) is 22.3 Å². The number of hydrogen-bond acceptors (Lipinski definition) is 3. The van der Waals surface area contributed by atoms with E-state index in [1.54, 1.807) is 12.4 Å². The third kappa shape index (κ3) is 3.52. The van der Waals surface area contributed by atoms with Crippen molar-refractivity contribution in [1.82, 2.24) is 14.8 Å². The number of benzene rings is 2. The van der Waals surface area contributed by atoms with Gasteiger partial charge in [0.05, 0.1) is 11.6 Å². The summed E-state index contributed by atoms with van der Waals surface area (Å²) in [5.41, 5.74) is 7.45. The molecule has 4 heteroatoms. The Bertz CT molecular complexity index is 1020. The molecular weight excluding hydrogens is 370 g/mol. The minimum Gasteiger partial charge on any atom is -0.336 e. The lowest BCUT2D eigenvalue weighted by molar-refractivity contribution is 0.0596. The van der Waals surface area contributed by atoms with Crippen LogP contribution in [0, 0.1) is 6.92 Å². The van der Waals surface area contributed by atoms with Crippen LogP contribution in [-0.4, -0.2) is 46.9 Å². The van der Waals surface area contributed by atoms with Gasteiger partial charge in [-0.25, -0.2) is 0 Å². The van der Waals surface area contributed by atoms with Gasteiger partial charge in [0, 0.05) is 38.6 Å². The summed E-state index contributed by atoms with van der Waals surface area (Å²) in [5.74, 6) is 0.0903. The fourth-order valence-electron chi connectivity index (χ4n) is 4.93. The third-order valence-corrected chi connectivity index (χ3v) is 6.45. The van der Waals surface area contributed by atoms with Gasteiger partial charge in [-0.1, -0.05) is 48.5 Å². The normalized spacial score (nSPS) is 17.2. The molecule has 1 fully saturated rings. The molecule has 2 aliphatic rings. The third-order valence-electron chi connectivity index (χ3n) is 6.45. The number of carbonyl (C=O) groups is 1. The maximum atomic E-state index is 13.0. The van der Waals surface area contributed by atoms with Crippen molar-refractivity contribution in [2.75, 3.05) is 26.2 Å². The number of aromatic nitrogens is 1. The van der Waals surface area contributed by atoms with Gasteiger partial charge in [0.1, 0.15) is 0 Å². The second kappa shape index (κ2) is 8.04. The van der Waals surface area contributed by atoms with Gasteiger partial charge in [0.25, 0.3) is 5.91 Å². The molecule has 5 rings (SSSR count). The molecule has 1 aliphatic heterocycles. The maximum absolute atomic E-state index is 13.0. The molecule has 3 aromatic rings. The predicted octanol–water partition coefficient (Wildman–Crippen LogP) is 4.04. The van der Waals surface area contributed by atoms with Crippen molar-refractivity contribution in [2.24, 2.45) is 0 Å². The quantitative estimate of drug-likeness (QED) is 0.655. The summed E-state index contributed by atoms with van der Waals surface area (Å²) in [4.78, 5) is 21.7. The highest BCUT2D eigenvalue weighted by molar-refractivity contribution is 5.94. The Kier molecular flexibility index (Phi) is 5.09. The first-order chi connectivity index (χ1) is 14.7. The first kappa shape index (κ1) is 19.0. The second-order valence-electron chi connectivity index (χ2n) is 8.38. The minimum atomic E-state index is 0.0903. The lowest BCUT2D eigenvalue weighted by atomic mass is 9.92. The average molecular weight is 398 g/mol. The molecule has 0 saturated carbocycles. The first-order valence-electron chi connectivity index (χ1n) is 10.8. The SMILES string of the molecule is Cc1cncc(C(=O)N2CCN(C3c4ccccc4CCc4ccccc43)CC2)c1. The van der Waals surface area contributed by atoms with Gasteiger partial charge in [0.2, 0.25) is 0 Å². The molecule has 2 heterocycles. The molecule has 0 N–H and O–H groups in total. The van der Waals surface area contributed by atoms with Crippen molar-refractivity contribution in [3.05, 3.63) is 100 Å². The number of aryl methyl sites for hydroxylation is 3. The smallest absolute Gasteiger partial charge is 0.255 e. The molecule has 0 spiro atoms. The molecule has 0 bridgehead atoms. The number of hydrogen-bond donors (Lipinski definition) is 0. The van der Waals surface area contributed by atoms with Crippen molar-refractivity contribution in [1.29, 1.82) is 0 Å². The van der Waals surface area contributed by atoms with Crippen molar-refractivity contribution in [3.63, 3.8) is 0 Å². The summed E-state index contributed by atoms with van der Waals surface area (Å²) >= 11 is 0. The summed E-state index contributed by atoms with van der Waals surface area (Å²) in [6, 6.07) is 19.9. The molecular formula is C26H27N3O. The zero-order chi connectivity index (χ0) is 20.5. The summed E-state index contributed by atoms with van der Waals surface area (Å²) in [6.07, 6.45) is 5.64. The van der Waals surface area contributed by atoms with Crippen LogP contribution in [0.2, 0.25) is 0 Å². The molecule has 4 nitrogen and oxygen atoms in total. The Morgan fingerprint density at radius 3 is 2.07 bits per heavy atom. The molecule has 30 heavy (non-hydrogen) atoms. The zero-order valence-electron chi connectivity index (χ0n) is 17.4. The molecule has 0 radical (unpaired) electrons. The highest BCUT2D eigenvalue weighted by atomic mass is 16.2. The Morgan fingerprint density at radius 1 is 0.867 bits per heavy atom. The van der Waals surface area contributed by atoms with Gasteiger partial charge in [0.15, 0.2) is 0 Å². The van der Waals surface area contributed by atoms with Gasteiger partial charge in [-0.05, 0) is 53.6 Å². The van der Waals surface area contributed by atoms with Crippen LogP contribution in [0.15, 0.2) is 67.0 Å². The lowest BCUT2D eigenvalue weighted by Crippen LogP contribution is -2.50. The summed E-state index contributed by atoms with van der Waals surface area (Å²) in [7, 11) is 0. The van der Waals surface area contributed by atoms with Crippen molar-refractivity contribution >= 4 is 5.91 Å². The van der Waals surface area contributed by atoms with Gasteiger partial charge in [-0.15, -0.1) is 0 Å². The zero-order valence-corrected chi connectivity index (χ0v) is 17.4. The van der Waals surface area contributed by atoms with Crippen LogP contribution in [0.3, 0.4) is 0 Å². The standard InChI is InChI=1S/C26H27N3O/c1-19-16-22(18-27-17-19)26(30)29-14-12-28(13-15-29)25-23-8-4-2-6-20(23)10-11-21-7-3-5-9-24(21)25/h2-9,16-18,25H,10-15H2,1H3. The highest BCUT2D eigenvalue weighted by Gasteiger charge is 2.32. The van der Waals surface area contributed by atoms with Crippen LogP contribution in [0.1, 0.15) is 44.2 Å². The fraction of sp³-hybridized carbons (Fsp3) is 0.308. The van der Waals surface area contributed by atoms with Crippen molar-refractivity contribution in [2.45, 2.75) is 25.8 Å². The van der Waals surface area contributed by atoms with Gasteiger partial charge in [-0.2, -0.15) is 0 Å². The van der Waals surface area contributed by atoms with E-state index in [-0.39, 0.29) is 11.9 Å². The molecule has 0 atom stereocenters. The van der Waals surface area contributed by atoms with Crippen LogP contribution in [-0.2, 0) is 12.8 Å². The van der Waals surface area contributed by atoms with Crippen LogP contribution < -0.4 is 0 Å². The topological polar surface area (TPSA) is 36.4 Å². The molecule has 1 saturated heterocycles. The van der Waals surface area contributed by atoms with Crippen LogP contribution in [0.4, 0.5) is 0 Å². The number of amides is 1. The summed E-state index contributed by atoms with van der Waals surface area (Å²) in [6.45, 7) is 5.21.